The van der Waals surface area contributed by atoms with Gasteiger partial charge in [-0.25, -0.2) is 4.98 Å². The molecule has 0 spiro atoms. The van der Waals surface area contributed by atoms with Crippen LogP contribution < -0.4 is 9.47 Å². The SMILES string of the molecule is CCN(Cc1ccc2c(c1)OCCO2)C(=O)CN(C)C(C)c1nc2ccccc2s1. The van der Waals surface area contributed by atoms with Gasteiger partial charge in [0.2, 0.25) is 5.91 Å². The fourth-order valence-corrected chi connectivity index (χ4v) is 4.58. The average Bonchev–Trinajstić information content (AvgIpc) is 3.21. The molecule has 0 bridgehead atoms. The Balaban J connectivity index is 1.40. The van der Waals surface area contributed by atoms with Crippen molar-refractivity contribution in [3.05, 3.63) is 53.0 Å². The number of hydrogen-bond acceptors (Lipinski definition) is 6. The molecule has 0 saturated carbocycles. The summed E-state index contributed by atoms with van der Waals surface area (Å²) in [6.45, 7) is 6.78. The van der Waals surface area contributed by atoms with Crippen LogP contribution in [0.2, 0.25) is 0 Å². The van der Waals surface area contributed by atoms with Crippen molar-refractivity contribution in [2.45, 2.75) is 26.4 Å². The van der Waals surface area contributed by atoms with Crippen LogP contribution in [0.4, 0.5) is 0 Å². The predicted molar refractivity (Wildman–Crippen MR) is 119 cm³/mol. The lowest BCUT2D eigenvalue weighted by atomic mass is 10.1. The summed E-state index contributed by atoms with van der Waals surface area (Å²) in [6.07, 6.45) is 0. The number of fused-ring (bicyclic) bond motifs is 2. The summed E-state index contributed by atoms with van der Waals surface area (Å²) in [5.41, 5.74) is 2.05. The largest absolute Gasteiger partial charge is 0.486 e. The van der Waals surface area contributed by atoms with E-state index in [2.05, 4.69) is 17.9 Å². The highest BCUT2D eigenvalue weighted by Crippen LogP contribution is 2.31. The van der Waals surface area contributed by atoms with E-state index in [1.807, 2.05) is 55.3 Å². The lowest BCUT2D eigenvalue weighted by molar-refractivity contribution is -0.133. The molecule has 1 unspecified atom stereocenters. The van der Waals surface area contributed by atoms with Crippen molar-refractivity contribution in [1.82, 2.24) is 14.8 Å². The third-order valence-electron chi connectivity index (χ3n) is 5.43. The zero-order valence-electron chi connectivity index (χ0n) is 17.6. The molecule has 1 aromatic heterocycles. The number of likely N-dealkylation sites (N-methyl/N-ethyl adjacent to an activating group) is 2. The third kappa shape index (κ3) is 4.42. The maximum Gasteiger partial charge on any atom is 0.237 e. The molecule has 0 aliphatic carbocycles. The number of ether oxygens (including phenoxy) is 2. The van der Waals surface area contributed by atoms with E-state index < -0.39 is 0 Å². The monoisotopic (exact) mass is 425 g/mol. The van der Waals surface area contributed by atoms with E-state index in [1.54, 1.807) is 11.3 Å². The number of para-hydroxylation sites is 1. The maximum atomic E-state index is 13.0. The van der Waals surface area contributed by atoms with Crippen LogP contribution in [0.1, 0.15) is 30.5 Å². The Morgan fingerprint density at radius 2 is 1.93 bits per heavy atom. The molecule has 3 aromatic rings. The van der Waals surface area contributed by atoms with E-state index >= 15 is 0 Å². The molecule has 1 aliphatic rings. The van der Waals surface area contributed by atoms with Crippen LogP contribution in [0.3, 0.4) is 0 Å². The summed E-state index contributed by atoms with van der Waals surface area (Å²) in [7, 11) is 1.98. The zero-order valence-corrected chi connectivity index (χ0v) is 18.4. The molecule has 1 amide bonds. The van der Waals surface area contributed by atoms with Gasteiger partial charge in [0.15, 0.2) is 11.5 Å². The molecule has 0 fully saturated rings. The fraction of sp³-hybridized carbons (Fsp3) is 0.391. The molecule has 7 heteroatoms. The van der Waals surface area contributed by atoms with Gasteiger partial charge in [0.05, 0.1) is 22.8 Å². The highest BCUT2D eigenvalue weighted by Gasteiger charge is 2.22. The highest BCUT2D eigenvalue weighted by molar-refractivity contribution is 7.18. The van der Waals surface area contributed by atoms with Crippen LogP contribution in [0.25, 0.3) is 10.2 Å². The van der Waals surface area contributed by atoms with Gasteiger partial charge < -0.3 is 14.4 Å². The average molecular weight is 426 g/mol. The number of aromatic nitrogens is 1. The molecule has 1 atom stereocenters. The second kappa shape index (κ2) is 9.02. The van der Waals surface area contributed by atoms with E-state index in [0.717, 1.165) is 27.6 Å². The Labute approximate surface area is 181 Å². The summed E-state index contributed by atoms with van der Waals surface area (Å²) in [4.78, 5) is 21.7. The first kappa shape index (κ1) is 20.6. The van der Waals surface area contributed by atoms with Gasteiger partial charge >= 0.3 is 0 Å². The first-order chi connectivity index (χ1) is 14.5. The Kier molecular flexibility index (Phi) is 6.20. The molecular weight excluding hydrogens is 398 g/mol. The Bertz CT molecular complexity index is 1000. The second-order valence-corrected chi connectivity index (χ2v) is 8.56. The summed E-state index contributed by atoms with van der Waals surface area (Å²) in [6, 6.07) is 14.1. The Morgan fingerprint density at radius 1 is 1.17 bits per heavy atom. The number of carbonyl (C=O) groups excluding carboxylic acids is 1. The zero-order chi connectivity index (χ0) is 21.1. The number of hydrogen-bond donors (Lipinski definition) is 0. The summed E-state index contributed by atoms with van der Waals surface area (Å²) >= 11 is 1.69. The van der Waals surface area contributed by atoms with E-state index in [-0.39, 0.29) is 11.9 Å². The minimum absolute atomic E-state index is 0.0688. The normalized spacial score (nSPS) is 14.1. The molecule has 0 radical (unpaired) electrons. The molecule has 0 saturated heterocycles. The Morgan fingerprint density at radius 3 is 2.70 bits per heavy atom. The minimum Gasteiger partial charge on any atom is -0.486 e. The number of amides is 1. The van der Waals surface area contributed by atoms with Crippen LogP contribution in [-0.4, -0.2) is 54.0 Å². The quantitative estimate of drug-likeness (QED) is 0.570. The second-order valence-electron chi connectivity index (χ2n) is 7.50. The number of carbonyl (C=O) groups is 1. The first-order valence-corrected chi connectivity index (χ1v) is 11.1. The van der Waals surface area contributed by atoms with Crippen molar-refractivity contribution in [2.24, 2.45) is 0 Å². The minimum atomic E-state index is 0.0688. The molecular formula is C23H27N3O3S. The van der Waals surface area contributed by atoms with Crippen LogP contribution in [-0.2, 0) is 11.3 Å². The van der Waals surface area contributed by atoms with E-state index in [1.165, 1.54) is 4.70 Å². The summed E-state index contributed by atoms with van der Waals surface area (Å²) in [5, 5.41) is 1.03. The van der Waals surface area contributed by atoms with Crippen LogP contribution in [0.15, 0.2) is 42.5 Å². The van der Waals surface area contributed by atoms with Crippen molar-refractivity contribution in [1.29, 1.82) is 0 Å². The van der Waals surface area contributed by atoms with Crippen LogP contribution in [0, 0.1) is 0 Å². The number of nitrogens with zero attached hydrogens (tertiary/aromatic N) is 3. The summed E-state index contributed by atoms with van der Waals surface area (Å²) < 4.78 is 12.4. The van der Waals surface area contributed by atoms with Gasteiger partial charge in [-0.2, -0.15) is 0 Å². The Hall–Kier alpha value is -2.64. The van der Waals surface area contributed by atoms with Gasteiger partial charge in [-0.1, -0.05) is 18.2 Å². The third-order valence-corrected chi connectivity index (χ3v) is 6.63. The molecule has 0 N–H and O–H groups in total. The molecule has 2 heterocycles. The molecule has 30 heavy (non-hydrogen) atoms. The fourth-order valence-electron chi connectivity index (χ4n) is 3.49. The topological polar surface area (TPSA) is 54.9 Å². The van der Waals surface area contributed by atoms with Gasteiger partial charge in [-0.3, -0.25) is 9.69 Å². The smallest absolute Gasteiger partial charge is 0.237 e. The van der Waals surface area contributed by atoms with Crippen molar-refractivity contribution >= 4 is 27.5 Å². The van der Waals surface area contributed by atoms with E-state index in [4.69, 9.17) is 14.5 Å². The molecule has 2 aromatic carbocycles. The molecule has 1 aliphatic heterocycles. The lowest BCUT2D eigenvalue weighted by Crippen LogP contribution is -2.39. The maximum absolute atomic E-state index is 13.0. The molecule has 6 nitrogen and oxygen atoms in total. The number of rotatable bonds is 7. The van der Waals surface area contributed by atoms with E-state index in [9.17, 15) is 4.79 Å². The standard InChI is InChI=1S/C23H27N3O3S/c1-4-26(14-17-9-10-19-20(13-17)29-12-11-28-19)22(27)15-25(3)16(2)23-24-18-7-5-6-8-21(18)30-23/h5-10,13,16H,4,11-12,14-15H2,1-3H3. The predicted octanol–water partition coefficient (Wildman–Crippen LogP) is 4.11. The van der Waals surface area contributed by atoms with Crippen LogP contribution >= 0.6 is 11.3 Å². The van der Waals surface area contributed by atoms with Crippen molar-refractivity contribution in [3.8, 4) is 11.5 Å². The van der Waals surface area contributed by atoms with Gasteiger partial charge in [0.1, 0.15) is 18.2 Å². The number of thiazole rings is 1. The van der Waals surface area contributed by atoms with Gasteiger partial charge in [0, 0.05) is 13.1 Å². The van der Waals surface area contributed by atoms with E-state index in [0.29, 0.717) is 32.8 Å². The van der Waals surface area contributed by atoms with Gasteiger partial charge in [0.25, 0.3) is 0 Å². The lowest BCUT2D eigenvalue weighted by Gasteiger charge is -2.27. The van der Waals surface area contributed by atoms with Gasteiger partial charge in [-0.15, -0.1) is 11.3 Å². The molecule has 158 valence electrons. The first-order valence-electron chi connectivity index (χ1n) is 10.3. The molecule has 4 rings (SSSR count). The number of benzene rings is 2. The van der Waals surface area contributed by atoms with Crippen molar-refractivity contribution in [2.75, 3.05) is 33.4 Å². The van der Waals surface area contributed by atoms with Crippen LogP contribution in [0.5, 0.6) is 11.5 Å². The highest BCUT2D eigenvalue weighted by atomic mass is 32.1. The van der Waals surface area contributed by atoms with Gasteiger partial charge in [-0.05, 0) is 50.7 Å². The summed E-state index contributed by atoms with van der Waals surface area (Å²) in [5.74, 6) is 1.62. The van der Waals surface area contributed by atoms with Crippen molar-refractivity contribution < 1.29 is 14.3 Å². The van der Waals surface area contributed by atoms with Crippen molar-refractivity contribution in [3.63, 3.8) is 0 Å².